The number of carbonyl (C=O) groups excluding carboxylic acids is 3. The molecule has 2 fully saturated rings. The Kier molecular flexibility index (Phi) is 9.71. The van der Waals surface area contributed by atoms with Crippen molar-refractivity contribution in [1.82, 2.24) is 20.5 Å². The fraction of sp³-hybridized carbons (Fsp3) is 0.600. The number of likely N-dealkylation sites (N-methyl/N-ethyl adjacent to an activating group) is 1. The van der Waals surface area contributed by atoms with Gasteiger partial charge >= 0.3 is 0 Å². The van der Waals surface area contributed by atoms with Crippen LogP contribution in [0.4, 0.5) is 0 Å². The van der Waals surface area contributed by atoms with Gasteiger partial charge < -0.3 is 15.5 Å². The Morgan fingerprint density at radius 1 is 1.08 bits per heavy atom. The summed E-state index contributed by atoms with van der Waals surface area (Å²) in [5.74, 6) is 0.426. The minimum absolute atomic E-state index is 0.0134. The van der Waals surface area contributed by atoms with Gasteiger partial charge in [-0.25, -0.2) is 4.98 Å². The SMILES string of the molecule is CNC(C)C(=O)NC(C(=O)N1CCCC1c1nc(C(=O)c2cccc(CC(C)C)c2)cs1)C1CCCCC1. The smallest absolute Gasteiger partial charge is 0.246 e. The number of benzene rings is 1. The van der Waals surface area contributed by atoms with E-state index in [4.69, 9.17) is 4.98 Å². The molecule has 8 heteroatoms. The van der Waals surface area contributed by atoms with Crippen molar-refractivity contribution >= 4 is 28.9 Å². The molecule has 2 aliphatic rings. The molecular weight excluding hydrogens is 496 g/mol. The van der Waals surface area contributed by atoms with Crippen LogP contribution in [0.2, 0.25) is 0 Å². The summed E-state index contributed by atoms with van der Waals surface area (Å²) in [7, 11) is 1.75. The van der Waals surface area contributed by atoms with Gasteiger partial charge in [-0.2, -0.15) is 0 Å². The zero-order valence-corrected chi connectivity index (χ0v) is 24.0. The van der Waals surface area contributed by atoms with E-state index in [2.05, 4.69) is 30.5 Å². The van der Waals surface area contributed by atoms with Crippen LogP contribution in [-0.2, 0) is 16.0 Å². The number of rotatable bonds is 10. The number of hydrogen-bond donors (Lipinski definition) is 2. The van der Waals surface area contributed by atoms with E-state index in [1.54, 1.807) is 7.05 Å². The Bertz CT molecular complexity index is 1120. The second-order valence-corrected chi connectivity index (χ2v) is 12.2. The van der Waals surface area contributed by atoms with Crippen LogP contribution in [0.5, 0.6) is 0 Å². The van der Waals surface area contributed by atoms with E-state index in [9.17, 15) is 14.4 Å². The van der Waals surface area contributed by atoms with Crippen molar-refractivity contribution in [2.75, 3.05) is 13.6 Å². The molecule has 1 aromatic heterocycles. The minimum atomic E-state index is -0.524. The molecule has 2 amide bonds. The maximum Gasteiger partial charge on any atom is 0.246 e. The van der Waals surface area contributed by atoms with Crippen molar-refractivity contribution in [3.63, 3.8) is 0 Å². The highest BCUT2D eigenvalue weighted by Gasteiger charge is 2.40. The van der Waals surface area contributed by atoms with E-state index in [1.165, 1.54) is 17.8 Å². The highest BCUT2D eigenvalue weighted by Crippen LogP contribution is 2.36. The third-order valence-electron chi connectivity index (χ3n) is 7.92. The summed E-state index contributed by atoms with van der Waals surface area (Å²) in [5, 5.41) is 8.69. The zero-order chi connectivity index (χ0) is 27.2. The average molecular weight is 539 g/mol. The summed E-state index contributed by atoms with van der Waals surface area (Å²) in [5.41, 5.74) is 2.24. The Morgan fingerprint density at radius 3 is 2.55 bits per heavy atom. The van der Waals surface area contributed by atoms with Gasteiger partial charge in [0.05, 0.1) is 12.1 Å². The second-order valence-electron chi connectivity index (χ2n) is 11.3. The molecule has 7 nitrogen and oxygen atoms in total. The number of ketones is 1. The van der Waals surface area contributed by atoms with E-state index in [0.717, 1.165) is 55.5 Å². The van der Waals surface area contributed by atoms with Crippen LogP contribution in [0.25, 0.3) is 0 Å². The molecule has 1 aliphatic carbocycles. The van der Waals surface area contributed by atoms with Gasteiger partial charge in [-0.05, 0) is 69.5 Å². The highest BCUT2D eigenvalue weighted by molar-refractivity contribution is 7.10. The lowest BCUT2D eigenvalue weighted by Gasteiger charge is -2.35. The van der Waals surface area contributed by atoms with Crippen LogP contribution in [0.1, 0.15) is 98.4 Å². The maximum absolute atomic E-state index is 14.0. The molecule has 1 saturated carbocycles. The molecule has 4 rings (SSSR count). The van der Waals surface area contributed by atoms with Crippen LogP contribution in [0.3, 0.4) is 0 Å². The molecule has 2 aromatic rings. The number of amides is 2. The van der Waals surface area contributed by atoms with E-state index in [-0.39, 0.29) is 35.6 Å². The Hall–Kier alpha value is -2.58. The van der Waals surface area contributed by atoms with Crippen molar-refractivity contribution in [3.8, 4) is 0 Å². The van der Waals surface area contributed by atoms with Gasteiger partial charge in [0, 0.05) is 17.5 Å². The Labute approximate surface area is 230 Å². The number of hydrogen-bond acceptors (Lipinski definition) is 6. The quantitative estimate of drug-likeness (QED) is 0.420. The summed E-state index contributed by atoms with van der Waals surface area (Å²) < 4.78 is 0. The number of aromatic nitrogens is 1. The van der Waals surface area contributed by atoms with E-state index >= 15 is 0 Å². The molecule has 3 unspecified atom stereocenters. The minimum Gasteiger partial charge on any atom is -0.343 e. The van der Waals surface area contributed by atoms with Crippen molar-refractivity contribution < 1.29 is 14.4 Å². The lowest BCUT2D eigenvalue weighted by molar-refractivity contribution is -0.139. The van der Waals surface area contributed by atoms with E-state index in [1.807, 2.05) is 35.4 Å². The monoisotopic (exact) mass is 538 g/mol. The standard InChI is InChI=1S/C30H42N4O3S/c1-19(2)16-21-10-8-13-23(17-21)27(35)24-18-38-29(32-24)25-14-9-15-34(25)30(37)26(22-11-6-5-7-12-22)33-28(36)20(3)31-4/h8,10,13,17-20,22,25-26,31H,5-7,9,11-12,14-16H2,1-4H3,(H,33,36). The van der Waals surface area contributed by atoms with Gasteiger partial charge in [-0.15, -0.1) is 11.3 Å². The molecule has 2 N–H and O–H groups in total. The largest absolute Gasteiger partial charge is 0.343 e. The first-order valence-electron chi connectivity index (χ1n) is 14.2. The fourth-order valence-corrected chi connectivity index (χ4v) is 6.67. The van der Waals surface area contributed by atoms with Crippen LogP contribution in [0, 0.1) is 11.8 Å². The van der Waals surface area contributed by atoms with Gasteiger partial charge in [-0.3, -0.25) is 14.4 Å². The summed E-state index contributed by atoms with van der Waals surface area (Å²) >= 11 is 1.45. The van der Waals surface area contributed by atoms with Crippen molar-refractivity contribution in [1.29, 1.82) is 0 Å². The lowest BCUT2D eigenvalue weighted by atomic mass is 9.83. The fourth-order valence-electron chi connectivity index (χ4n) is 5.73. The molecule has 38 heavy (non-hydrogen) atoms. The predicted molar refractivity (Wildman–Crippen MR) is 151 cm³/mol. The second kappa shape index (κ2) is 13.0. The van der Waals surface area contributed by atoms with Crippen molar-refractivity contribution in [2.45, 2.75) is 90.3 Å². The molecule has 3 atom stereocenters. The van der Waals surface area contributed by atoms with Gasteiger partial charge in [-0.1, -0.05) is 51.3 Å². The van der Waals surface area contributed by atoms with Gasteiger partial charge in [0.1, 0.15) is 16.7 Å². The summed E-state index contributed by atoms with van der Waals surface area (Å²) in [4.78, 5) is 46.7. The molecule has 1 aliphatic heterocycles. The molecule has 0 bridgehead atoms. The number of nitrogens with one attached hydrogen (secondary N) is 2. The first-order chi connectivity index (χ1) is 18.3. The van der Waals surface area contributed by atoms with Crippen LogP contribution >= 0.6 is 11.3 Å². The molecule has 1 aromatic carbocycles. The first kappa shape index (κ1) is 28.4. The topological polar surface area (TPSA) is 91.4 Å². The summed E-state index contributed by atoms with van der Waals surface area (Å²) in [6.07, 6.45) is 7.89. The van der Waals surface area contributed by atoms with E-state index < -0.39 is 6.04 Å². The molecule has 0 spiro atoms. The third kappa shape index (κ3) is 6.70. The highest BCUT2D eigenvalue weighted by atomic mass is 32.1. The normalized spacial score (nSPS) is 19.9. The summed E-state index contributed by atoms with van der Waals surface area (Å²) in [6, 6.07) is 6.76. The Morgan fingerprint density at radius 2 is 1.84 bits per heavy atom. The molecule has 206 valence electrons. The lowest BCUT2D eigenvalue weighted by Crippen LogP contribution is -2.55. The molecule has 1 saturated heterocycles. The maximum atomic E-state index is 14.0. The molecule has 2 heterocycles. The third-order valence-corrected chi connectivity index (χ3v) is 8.87. The number of carbonyl (C=O) groups is 3. The average Bonchev–Trinajstić information content (AvgIpc) is 3.60. The number of likely N-dealkylation sites (tertiary alicyclic amines) is 1. The number of thiazole rings is 1. The van der Waals surface area contributed by atoms with Gasteiger partial charge in [0.2, 0.25) is 17.6 Å². The predicted octanol–water partition coefficient (Wildman–Crippen LogP) is 4.91. The first-order valence-corrected chi connectivity index (χ1v) is 15.0. The van der Waals surface area contributed by atoms with E-state index in [0.29, 0.717) is 23.7 Å². The van der Waals surface area contributed by atoms with Crippen LogP contribution < -0.4 is 10.6 Å². The number of nitrogens with zero attached hydrogens (tertiary/aromatic N) is 2. The van der Waals surface area contributed by atoms with Gasteiger partial charge in [0.15, 0.2) is 0 Å². The van der Waals surface area contributed by atoms with Crippen LogP contribution in [-0.4, -0.2) is 53.2 Å². The molecule has 0 radical (unpaired) electrons. The van der Waals surface area contributed by atoms with Crippen molar-refractivity contribution in [2.24, 2.45) is 11.8 Å². The van der Waals surface area contributed by atoms with Crippen LogP contribution in [0.15, 0.2) is 29.6 Å². The molecular formula is C30H42N4O3S. The van der Waals surface area contributed by atoms with Crippen molar-refractivity contribution in [3.05, 3.63) is 51.5 Å². The zero-order valence-electron chi connectivity index (χ0n) is 23.2. The van der Waals surface area contributed by atoms with Gasteiger partial charge in [0.25, 0.3) is 0 Å². The summed E-state index contributed by atoms with van der Waals surface area (Å²) in [6.45, 7) is 6.79. The Balaban J connectivity index is 1.52.